The maximum Gasteiger partial charge on any atom is 0.255 e. The van der Waals surface area contributed by atoms with Gasteiger partial charge in [-0.1, -0.05) is 12.1 Å². The van der Waals surface area contributed by atoms with Crippen LogP contribution in [0.1, 0.15) is 34.9 Å². The molecule has 0 bridgehead atoms. The summed E-state index contributed by atoms with van der Waals surface area (Å²) in [6, 6.07) is 11.4. The standard InChI is InChI=1S/C18H16N4O/c23-18(14-4-1-6-15-13(14)5-2-9-20-15)22-11-3-7-17(22)16-8-10-19-12-21-16/h1-2,4-6,8-10,12,17H,3,7,11H2. The first-order valence-electron chi connectivity index (χ1n) is 7.75. The van der Waals surface area contributed by atoms with Gasteiger partial charge in [-0.25, -0.2) is 9.97 Å². The molecule has 1 aromatic carbocycles. The number of carbonyl (C=O) groups excluding carboxylic acids is 1. The molecular weight excluding hydrogens is 288 g/mol. The molecule has 1 fully saturated rings. The van der Waals surface area contributed by atoms with Crippen molar-refractivity contribution in [1.82, 2.24) is 19.9 Å². The second-order valence-electron chi connectivity index (χ2n) is 5.67. The molecule has 1 unspecified atom stereocenters. The van der Waals surface area contributed by atoms with Crippen LogP contribution < -0.4 is 0 Å². The maximum atomic E-state index is 13.1. The number of rotatable bonds is 2. The molecule has 0 aliphatic carbocycles. The summed E-state index contributed by atoms with van der Waals surface area (Å²) >= 11 is 0. The second kappa shape index (κ2) is 5.76. The molecule has 3 aromatic rings. The quantitative estimate of drug-likeness (QED) is 0.730. The van der Waals surface area contributed by atoms with Crippen molar-refractivity contribution >= 4 is 16.8 Å². The fourth-order valence-electron chi connectivity index (χ4n) is 3.26. The van der Waals surface area contributed by atoms with E-state index >= 15 is 0 Å². The van der Waals surface area contributed by atoms with Crippen LogP contribution in [-0.4, -0.2) is 32.3 Å². The lowest BCUT2D eigenvalue weighted by Crippen LogP contribution is -2.31. The molecule has 5 heteroatoms. The number of likely N-dealkylation sites (tertiary alicyclic amines) is 1. The SMILES string of the molecule is O=C(c1cccc2ncccc12)N1CCCC1c1ccncn1. The maximum absolute atomic E-state index is 13.1. The van der Waals surface area contributed by atoms with Gasteiger partial charge in [0, 0.05) is 29.9 Å². The molecule has 0 radical (unpaired) electrons. The number of amides is 1. The zero-order valence-corrected chi connectivity index (χ0v) is 12.6. The van der Waals surface area contributed by atoms with Crippen molar-refractivity contribution < 1.29 is 4.79 Å². The lowest BCUT2D eigenvalue weighted by Gasteiger charge is -2.24. The van der Waals surface area contributed by atoms with Crippen LogP contribution >= 0.6 is 0 Å². The molecule has 1 atom stereocenters. The lowest BCUT2D eigenvalue weighted by atomic mass is 10.1. The van der Waals surface area contributed by atoms with E-state index in [1.54, 1.807) is 12.4 Å². The van der Waals surface area contributed by atoms with E-state index in [0.717, 1.165) is 36.0 Å². The predicted molar refractivity (Wildman–Crippen MR) is 86.8 cm³/mol. The van der Waals surface area contributed by atoms with Crippen molar-refractivity contribution in [2.75, 3.05) is 6.54 Å². The molecule has 0 saturated carbocycles. The Hall–Kier alpha value is -2.82. The van der Waals surface area contributed by atoms with Crippen LogP contribution in [0, 0.1) is 0 Å². The Morgan fingerprint density at radius 3 is 2.91 bits per heavy atom. The highest BCUT2D eigenvalue weighted by molar-refractivity contribution is 6.06. The summed E-state index contributed by atoms with van der Waals surface area (Å²) in [5.41, 5.74) is 2.46. The molecule has 3 heterocycles. The van der Waals surface area contributed by atoms with Gasteiger partial charge in [-0.2, -0.15) is 0 Å². The van der Waals surface area contributed by atoms with Crippen molar-refractivity contribution in [3.05, 3.63) is 66.4 Å². The number of benzene rings is 1. The van der Waals surface area contributed by atoms with Gasteiger partial charge in [-0.15, -0.1) is 0 Å². The van der Waals surface area contributed by atoms with Crippen molar-refractivity contribution in [3.63, 3.8) is 0 Å². The Balaban J connectivity index is 1.73. The topological polar surface area (TPSA) is 59.0 Å². The van der Waals surface area contributed by atoms with E-state index in [-0.39, 0.29) is 11.9 Å². The zero-order valence-electron chi connectivity index (χ0n) is 12.6. The lowest BCUT2D eigenvalue weighted by molar-refractivity contribution is 0.0735. The Bertz CT molecular complexity index is 845. The first-order valence-corrected chi connectivity index (χ1v) is 7.75. The van der Waals surface area contributed by atoms with E-state index in [9.17, 15) is 4.79 Å². The average Bonchev–Trinajstić information content (AvgIpc) is 3.11. The third-order valence-electron chi connectivity index (χ3n) is 4.34. The van der Waals surface area contributed by atoms with Crippen LogP contribution in [0.25, 0.3) is 10.9 Å². The molecule has 1 aliphatic heterocycles. The minimum Gasteiger partial charge on any atom is -0.330 e. The molecule has 4 rings (SSSR count). The van der Waals surface area contributed by atoms with E-state index in [1.165, 1.54) is 6.33 Å². The minimum absolute atomic E-state index is 0.0254. The highest BCUT2D eigenvalue weighted by Gasteiger charge is 2.32. The summed E-state index contributed by atoms with van der Waals surface area (Å²) in [5.74, 6) is 0.0460. The monoisotopic (exact) mass is 304 g/mol. The number of fused-ring (bicyclic) bond motifs is 1. The van der Waals surface area contributed by atoms with Crippen molar-refractivity contribution in [3.8, 4) is 0 Å². The van der Waals surface area contributed by atoms with Gasteiger partial charge in [-0.05, 0) is 37.1 Å². The van der Waals surface area contributed by atoms with Crippen molar-refractivity contribution in [2.45, 2.75) is 18.9 Å². The van der Waals surface area contributed by atoms with Crippen LogP contribution in [0.3, 0.4) is 0 Å². The molecule has 114 valence electrons. The predicted octanol–water partition coefficient (Wildman–Crippen LogP) is 3.00. The zero-order chi connectivity index (χ0) is 15.6. The fraction of sp³-hybridized carbons (Fsp3) is 0.222. The molecule has 5 nitrogen and oxygen atoms in total. The Morgan fingerprint density at radius 2 is 2.04 bits per heavy atom. The van der Waals surface area contributed by atoms with Crippen molar-refractivity contribution in [1.29, 1.82) is 0 Å². The van der Waals surface area contributed by atoms with E-state index < -0.39 is 0 Å². The van der Waals surface area contributed by atoms with Crippen LogP contribution in [0.2, 0.25) is 0 Å². The first kappa shape index (κ1) is 13.8. The summed E-state index contributed by atoms with van der Waals surface area (Å²) in [6.07, 6.45) is 6.94. The highest BCUT2D eigenvalue weighted by Crippen LogP contribution is 2.32. The van der Waals surface area contributed by atoms with E-state index in [0.29, 0.717) is 5.56 Å². The number of aromatic nitrogens is 3. The van der Waals surface area contributed by atoms with Gasteiger partial charge in [0.1, 0.15) is 6.33 Å². The summed E-state index contributed by atoms with van der Waals surface area (Å²) in [4.78, 5) is 27.7. The molecule has 0 N–H and O–H groups in total. The molecule has 2 aromatic heterocycles. The number of nitrogens with zero attached hydrogens (tertiary/aromatic N) is 4. The highest BCUT2D eigenvalue weighted by atomic mass is 16.2. The number of hydrogen-bond donors (Lipinski definition) is 0. The van der Waals surface area contributed by atoms with Gasteiger partial charge in [-0.3, -0.25) is 9.78 Å². The summed E-state index contributed by atoms with van der Waals surface area (Å²) in [7, 11) is 0. The van der Waals surface area contributed by atoms with E-state index in [4.69, 9.17) is 0 Å². The largest absolute Gasteiger partial charge is 0.330 e. The number of pyridine rings is 1. The molecule has 0 spiro atoms. The third-order valence-corrected chi connectivity index (χ3v) is 4.34. The van der Waals surface area contributed by atoms with Crippen molar-refractivity contribution in [2.24, 2.45) is 0 Å². The van der Waals surface area contributed by atoms with Gasteiger partial charge in [0.25, 0.3) is 5.91 Å². The normalized spacial score (nSPS) is 17.6. The average molecular weight is 304 g/mol. The van der Waals surface area contributed by atoms with Crippen LogP contribution in [0.4, 0.5) is 0 Å². The smallest absolute Gasteiger partial charge is 0.255 e. The molecule has 23 heavy (non-hydrogen) atoms. The van der Waals surface area contributed by atoms with Gasteiger partial charge in [0.15, 0.2) is 0 Å². The van der Waals surface area contributed by atoms with E-state index in [1.807, 2.05) is 41.3 Å². The fourth-order valence-corrected chi connectivity index (χ4v) is 3.26. The summed E-state index contributed by atoms with van der Waals surface area (Å²) in [6.45, 7) is 0.754. The van der Waals surface area contributed by atoms with Gasteiger partial charge >= 0.3 is 0 Å². The second-order valence-corrected chi connectivity index (χ2v) is 5.67. The van der Waals surface area contributed by atoms with E-state index in [2.05, 4.69) is 15.0 Å². The Morgan fingerprint density at radius 1 is 1.09 bits per heavy atom. The summed E-state index contributed by atoms with van der Waals surface area (Å²) < 4.78 is 0. The Labute approximate surface area is 134 Å². The molecule has 1 amide bonds. The Kier molecular flexibility index (Phi) is 3.46. The van der Waals surface area contributed by atoms with Crippen LogP contribution in [0.5, 0.6) is 0 Å². The first-order chi connectivity index (χ1) is 11.3. The van der Waals surface area contributed by atoms with Gasteiger partial charge in [0.05, 0.1) is 17.3 Å². The van der Waals surface area contributed by atoms with Crippen LogP contribution in [-0.2, 0) is 0 Å². The number of carbonyl (C=O) groups is 1. The molecular formula is C18H16N4O. The number of hydrogen-bond acceptors (Lipinski definition) is 4. The molecule has 1 aliphatic rings. The van der Waals surface area contributed by atoms with Gasteiger partial charge in [0.2, 0.25) is 0 Å². The van der Waals surface area contributed by atoms with Crippen LogP contribution in [0.15, 0.2) is 55.1 Å². The molecule has 1 saturated heterocycles. The summed E-state index contributed by atoms with van der Waals surface area (Å²) in [5, 5.41) is 0.897. The minimum atomic E-state index is 0.0254. The van der Waals surface area contributed by atoms with Gasteiger partial charge < -0.3 is 4.90 Å². The third kappa shape index (κ3) is 2.44.